The molecule has 2 rings (SSSR count). The number of halogens is 1. The van der Waals surface area contributed by atoms with Crippen molar-refractivity contribution >= 4 is 33.5 Å². The van der Waals surface area contributed by atoms with Crippen molar-refractivity contribution in [2.75, 3.05) is 5.32 Å². The fourth-order valence-electron chi connectivity index (χ4n) is 1.59. The molecule has 0 aliphatic carbocycles. The van der Waals surface area contributed by atoms with Crippen LogP contribution in [0.5, 0.6) is 5.75 Å². The van der Waals surface area contributed by atoms with Gasteiger partial charge in [-0.1, -0.05) is 28.1 Å². The Hall–Kier alpha value is -2.14. The van der Waals surface area contributed by atoms with Crippen LogP contribution < -0.4 is 10.1 Å². The zero-order valence-electron chi connectivity index (χ0n) is 10.7. The van der Waals surface area contributed by atoms with Gasteiger partial charge in [0, 0.05) is 11.4 Å². The lowest BCUT2D eigenvalue weighted by Gasteiger charge is -2.10. The molecule has 0 unspecified atom stereocenters. The Morgan fingerprint density at radius 1 is 1.05 bits per heavy atom. The number of carbonyl (C=O) groups is 2. The number of hydrogen-bond donors (Lipinski definition) is 1. The van der Waals surface area contributed by atoms with Crippen molar-refractivity contribution in [3.05, 3.63) is 58.6 Å². The van der Waals surface area contributed by atoms with Gasteiger partial charge in [0.25, 0.3) is 0 Å². The standard InChI is InChI=1S/C15H12BrNO3/c1-10(18)17-13-4-2-3-5-14(13)20-15(19)11-6-8-12(16)9-7-11/h2-9H,1H3,(H,17,18). The number of rotatable bonds is 3. The second-order valence-electron chi connectivity index (χ2n) is 4.07. The van der Waals surface area contributed by atoms with E-state index in [0.717, 1.165) is 4.47 Å². The summed E-state index contributed by atoms with van der Waals surface area (Å²) >= 11 is 3.30. The second-order valence-corrected chi connectivity index (χ2v) is 4.99. The first-order valence-corrected chi connectivity index (χ1v) is 6.70. The van der Waals surface area contributed by atoms with Crippen LogP contribution in [0.2, 0.25) is 0 Å². The maximum absolute atomic E-state index is 12.0. The van der Waals surface area contributed by atoms with E-state index in [9.17, 15) is 9.59 Å². The van der Waals surface area contributed by atoms with Gasteiger partial charge in [0.1, 0.15) is 0 Å². The summed E-state index contributed by atoms with van der Waals surface area (Å²) in [5.41, 5.74) is 0.899. The fourth-order valence-corrected chi connectivity index (χ4v) is 1.86. The Labute approximate surface area is 124 Å². The zero-order valence-corrected chi connectivity index (χ0v) is 12.3. The van der Waals surface area contributed by atoms with Crippen LogP contribution >= 0.6 is 15.9 Å². The van der Waals surface area contributed by atoms with Crippen molar-refractivity contribution < 1.29 is 14.3 Å². The first-order chi connectivity index (χ1) is 9.56. The first-order valence-electron chi connectivity index (χ1n) is 5.90. The molecule has 0 radical (unpaired) electrons. The van der Waals surface area contributed by atoms with Crippen LogP contribution in [0, 0.1) is 0 Å². The molecule has 0 bridgehead atoms. The minimum Gasteiger partial charge on any atom is -0.421 e. The maximum atomic E-state index is 12.0. The highest BCUT2D eigenvalue weighted by molar-refractivity contribution is 9.10. The quantitative estimate of drug-likeness (QED) is 0.689. The largest absolute Gasteiger partial charge is 0.421 e. The summed E-state index contributed by atoms with van der Waals surface area (Å²) in [7, 11) is 0. The number of carbonyl (C=O) groups excluding carboxylic acids is 2. The van der Waals surface area contributed by atoms with E-state index in [-0.39, 0.29) is 5.91 Å². The highest BCUT2D eigenvalue weighted by Crippen LogP contribution is 2.24. The summed E-state index contributed by atoms with van der Waals surface area (Å²) in [6.07, 6.45) is 0. The molecule has 2 aromatic rings. The molecule has 0 spiro atoms. The fraction of sp³-hybridized carbons (Fsp3) is 0.0667. The van der Waals surface area contributed by atoms with E-state index in [1.54, 1.807) is 48.5 Å². The molecule has 0 heterocycles. The molecule has 0 saturated heterocycles. The lowest BCUT2D eigenvalue weighted by atomic mass is 10.2. The number of amides is 1. The number of para-hydroxylation sites is 2. The topological polar surface area (TPSA) is 55.4 Å². The average Bonchev–Trinajstić information content (AvgIpc) is 2.41. The molecule has 0 fully saturated rings. The third-order valence-corrected chi connectivity index (χ3v) is 3.01. The summed E-state index contributed by atoms with van der Waals surface area (Å²) in [4.78, 5) is 23.1. The number of ether oxygens (including phenoxy) is 1. The molecule has 0 atom stereocenters. The summed E-state index contributed by atoms with van der Waals surface area (Å²) in [6, 6.07) is 13.6. The van der Waals surface area contributed by atoms with Crippen LogP contribution in [0.1, 0.15) is 17.3 Å². The van der Waals surface area contributed by atoms with E-state index >= 15 is 0 Å². The third-order valence-electron chi connectivity index (χ3n) is 2.48. The molecule has 20 heavy (non-hydrogen) atoms. The molecule has 1 amide bonds. The van der Waals surface area contributed by atoms with Gasteiger partial charge in [-0.25, -0.2) is 4.79 Å². The smallest absolute Gasteiger partial charge is 0.343 e. The monoisotopic (exact) mass is 333 g/mol. The van der Waals surface area contributed by atoms with E-state index in [2.05, 4.69) is 21.2 Å². The van der Waals surface area contributed by atoms with Gasteiger partial charge in [-0.3, -0.25) is 4.79 Å². The van der Waals surface area contributed by atoms with Crippen molar-refractivity contribution in [2.45, 2.75) is 6.92 Å². The van der Waals surface area contributed by atoms with Crippen LogP contribution in [0.25, 0.3) is 0 Å². The van der Waals surface area contributed by atoms with E-state index in [4.69, 9.17) is 4.74 Å². The van der Waals surface area contributed by atoms with Crippen LogP contribution in [-0.4, -0.2) is 11.9 Å². The highest BCUT2D eigenvalue weighted by Gasteiger charge is 2.11. The summed E-state index contributed by atoms with van der Waals surface area (Å²) < 4.78 is 6.19. The van der Waals surface area contributed by atoms with E-state index < -0.39 is 5.97 Å². The Balaban J connectivity index is 2.19. The lowest BCUT2D eigenvalue weighted by molar-refractivity contribution is -0.114. The second kappa shape index (κ2) is 6.34. The maximum Gasteiger partial charge on any atom is 0.343 e. The van der Waals surface area contributed by atoms with Gasteiger partial charge in [0.15, 0.2) is 5.75 Å². The first kappa shape index (κ1) is 14.3. The van der Waals surface area contributed by atoms with Crippen molar-refractivity contribution in [3.63, 3.8) is 0 Å². The van der Waals surface area contributed by atoms with Gasteiger partial charge in [-0.15, -0.1) is 0 Å². The Morgan fingerprint density at radius 3 is 2.35 bits per heavy atom. The number of anilines is 1. The van der Waals surface area contributed by atoms with E-state index in [0.29, 0.717) is 17.0 Å². The molecule has 1 N–H and O–H groups in total. The average molecular weight is 334 g/mol. The van der Waals surface area contributed by atoms with Crippen molar-refractivity contribution in [2.24, 2.45) is 0 Å². The molecule has 102 valence electrons. The van der Waals surface area contributed by atoms with E-state index in [1.165, 1.54) is 6.92 Å². The Bertz CT molecular complexity index is 638. The van der Waals surface area contributed by atoms with Gasteiger partial charge in [0.2, 0.25) is 5.91 Å². The number of hydrogen-bond acceptors (Lipinski definition) is 3. The number of nitrogens with one attached hydrogen (secondary N) is 1. The van der Waals surface area contributed by atoms with Gasteiger partial charge >= 0.3 is 5.97 Å². The molecular formula is C15H12BrNO3. The lowest BCUT2D eigenvalue weighted by Crippen LogP contribution is -2.12. The van der Waals surface area contributed by atoms with Crippen LogP contribution in [0.4, 0.5) is 5.69 Å². The zero-order chi connectivity index (χ0) is 14.5. The van der Waals surface area contributed by atoms with Gasteiger partial charge in [0.05, 0.1) is 11.3 Å². The predicted molar refractivity (Wildman–Crippen MR) is 79.8 cm³/mol. The van der Waals surface area contributed by atoms with Crippen molar-refractivity contribution in [3.8, 4) is 5.75 Å². The highest BCUT2D eigenvalue weighted by atomic mass is 79.9. The molecule has 0 aliphatic rings. The normalized spacial score (nSPS) is 9.90. The molecule has 5 heteroatoms. The van der Waals surface area contributed by atoms with E-state index in [1.807, 2.05) is 0 Å². The van der Waals surface area contributed by atoms with Gasteiger partial charge in [-0.2, -0.15) is 0 Å². The Morgan fingerprint density at radius 2 is 1.70 bits per heavy atom. The SMILES string of the molecule is CC(=O)Nc1ccccc1OC(=O)c1ccc(Br)cc1. The minimum atomic E-state index is -0.477. The molecule has 2 aromatic carbocycles. The Kier molecular flexibility index (Phi) is 4.53. The molecular weight excluding hydrogens is 322 g/mol. The van der Waals surface area contributed by atoms with Crippen molar-refractivity contribution in [1.29, 1.82) is 0 Å². The minimum absolute atomic E-state index is 0.225. The summed E-state index contributed by atoms with van der Waals surface area (Å²) in [5, 5.41) is 2.62. The van der Waals surface area contributed by atoms with Gasteiger partial charge < -0.3 is 10.1 Å². The predicted octanol–water partition coefficient (Wildman–Crippen LogP) is 3.63. The summed E-state index contributed by atoms with van der Waals surface area (Å²) in [5.74, 6) is -0.386. The molecule has 0 aromatic heterocycles. The van der Waals surface area contributed by atoms with Crippen LogP contribution in [0.15, 0.2) is 53.0 Å². The molecule has 4 nitrogen and oxygen atoms in total. The van der Waals surface area contributed by atoms with Crippen LogP contribution in [-0.2, 0) is 4.79 Å². The number of benzene rings is 2. The van der Waals surface area contributed by atoms with Gasteiger partial charge in [-0.05, 0) is 36.4 Å². The van der Waals surface area contributed by atoms with Crippen LogP contribution in [0.3, 0.4) is 0 Å². The molecule has 0 saturated carbocycles. The van der Waals surface area contributed by atoms with Crippen molar-refractivity contribution in [1.82, 2.24) is 0 Å². The number of esters is 1. The summed E-state index contributed by atoms with van der Waals surface area (Å²) in [6.45, 7) is 1.40. The third kappa shape index (κ3) is 3.68. The molecule has 0 aliphatic heterocycles.